The highest BCUT2D eigenvalue weighted by Crippen LogP contribution is 2.34. The standard InChI is InChI=1S/C20H21F3N6O2S/c1-13-9-17(29(2)32(3,30)31)14(10-24-13)11-25-18-16(20(21,22)23)12-26-19(28-18)27-15-7-5-4-6-8-15/h4-10,12H,11H2,1-3H3,(H2,25,26,27,28). The number of halogens is 3. The summed E-state index contributed by atoms with van der Waals surface area (Å²) in [6, 6.07) is 10.3. The lowest BCUT2D eigenvalue weighted by atomic mass is 10.2. The fourth-order valence-corrected chi connectivity index (χ4v) is 3.32. The molecule has 3 rings (SSSR count). The van der Waals surface area contributed by atoms with E-state index in [0.717, 1.165) is 10.6 Å². The first-order valence-electron chi connectivity index (χ1n) is 9.35. The number of aromatic nitrogens is 3. The van der Waals surface area contributed by atoms with Gasteiger partial charge < -0.3 is 10.6 Å². The maximum atomic E-state index is 13.5. The Morgan fingerprint density at radius 3 is 2.41 bits per heavy atom. The Hall–Kier alpha value is -3.41. The zero-order valence-electron chi connectivity index (χ0n) is 17.5. The van der Waals surface area contributed by atoms with Crippen molar-refractivity contribution in [3.05, 3.63) is 65.6 Å². The van der Waals surface area contributed by atoms with Crippen LogP contribution in [0.1, 0.15) is 16.8 Å². The third-order valence-electron chi connectivity index (χ3n) is 4.51. The van der Waals surface area contributed by atoms with Crippen molar-refractivity contribution in [2.75, 3.05) is 28.2 Å². The van der Waals surface area contributed by atoms with E-state index in [9.17, 15) is 21.6 Å². The molecule has 8 nitrogen and oxygen atoms in total. The van der Waals surface area contributed by atoms with Crippen LogP contribution in [0.25, 0.3) is 0 Å². The number of rotatable bonds is 7. The molecule has 0 aliphatic rings. The Morgan fingerprint density at radius 2 is 1.78 bits per heavy atom. The van der Waals surface area contributed by atoms with Gasteiger partial charge in [-0.3, -0.25) is 9.29 Å². The summed E-state index contributed by atoms with van der Waals surface area (Å²) in [7, 11) is -2.23. The van der Waals surface area contributed by atoms with E-state index in [2.05, 4.69) is 25.6 Å². The molecule has 0 aliphatic carbocycles. The molecule has 0 amide bonds. The molecule has 0 unspecified atom stereocenters. The molecule has 0 bridgehead atoms. The van der Waals surface area contributed by atoms with E-state index in [-0.39, 0.29) is 12.5 Å². The van der Waals surface area contributed by atoms with Gasteiger partial charge in [-0.2, -0.15) is 18.2 Å². The number of anilines is 4. The summed E-state index contributed by atoms with van der Waals surface area (Å²) >= 11 is 0. The van der Waals surface area contributed by atoms with Crippen molar-refractivity contribution in [3.63, 3.8) is 0 Å². The van der Waals surface area contributed by atoms with Crippen LogP contribution in [0.15, 0.2) is 48.8 Å². The molecule has 2 N–H and O–H groups in total. The Morgan fingerprint density at radius 1 is 1.09 bits per heavy atom. The lowest BCUT2D eigenvalue weighted by Gasteiger charge is -2.21. The van der Waals surface area contributed by atoms with Crippen LogP contribution in [0.2, 0.25) is 0 Å². The van der Waals surface area contributed by atoms with Gasteiger partial charge in [0.1, 0.15) is 11.4 Å². The molecule has 0 spiro atoms. The van der Waals surface area contributed by atoms with Crippen LogP contribution >= 0.6 is 0 Å². The molecule has 1 aromatic carbocycles. The average Bonchev–Trinajstić information content (AvgIpc) is 2.71. The minimum absolute atomic E-state index is 0.0257. The number of nitrogens with zero attached hydrogens (tertiary/aromatic N) is 4. The number of pyridine rings is 1. The van der Waals surface area contributed by atoms with E-state index in [4.69, 9.17) is 0 Å². The Balaban J connectivity index is 1.93. The number of sulfonamides is 1. The largest absolute Gasteiger partial charge is 0.421 e. The van der Waals surface area contributed by atoms with Crippen molar-refractivity contribution in [3.8, 4) is 0 Å². The quantitative estimate of drug-likeness (QED) is 0.544. The molecule has 3 aromatic rings. The second kappa shape index (κ2) is 8.99. The van der Waals surface area contributed by atoms with Gasteiger partial charge >= 0.3 is 6.18 Å². The monoisotopic (exact) mass is 466 g/mol. The lowest BCUT2D eigenvalue weighted by Crippen LogP contribution is -2.26. The summed E-state index contributed by atoms with van der Waals surface area (Å²) in [5.74, 6) is -0.471. The van der Waals surface area contributed by atoms with Crippen molar-refractivity contribution in [2.24, 2.45) is 0 Å². The lowest BCUT2D eigenvalue weighted by molar-refractivity contribution is -0.137. The van der Waals surface area contributed by atoms with Crippen LogP contribution in [0.3, 0.4) is 0 Å². The van der Waals surface area contributed by atoms with Gasteiger partial charge in [-0.25, -0.2) is 13.4 Å². The van der Waals surface area contributed by atoms with Crippen molar-refractivity contribution in [2.45, 2.75) is 19.6 Å². The van der Waals surface area contributed by atoms with E-state index < -0.39 is 27.6 Å². The predicted octanol–water partition coefficient (Wildman–Crippen LogP) is 3.95. The third-order valence-corrected chi connectivity index (χ3v) is 5.70. The third kappa shape index (κ3) is 5.63. The minimum atomic E-state index is -4.69. The van der Waals surface area contributed by atoms with Gasteiger partial charge in [-0.05, 0) is 25.1 Å². The van der Waals surface area contributed by atoms with Crippen molar-refractivity contribution >= 4 is 33.2 Å². The summed E-state index contributed by atoms with van der Waals surface area (Å²) in [6.45, 7) is 1.54. The summed E-state index contributed by atoms with van der Waals surface area (Å²) in [6.07, 6.45) is -1.55. The molecular formula is C20H21F3N6O2S. The van der Waals surface area contributed by atoms with Gasteiger partial charge in [-0.1, -0.05) is 18.2 Å². The highest BCUT2D eigenvalue weighted by atomic mass is 32.2. The SMILES string of the molecule is Cc1cc(N(C)S(C)(=O)=O)c(CNc2nc(Nc3ccccc3)ncc2C(F)(F)F)cn1. The molecule has 0 aliphatic heterocycles. The first kappa shape index (κ1) is 23.3. The normalized spacial score (nSPS) is 11.8. The predicted molar refractivity (Wildman–Crippen MR) is 116 cm³/mol. The molecule has 0 atom stereocenters. The number of para-hydroxylation sites is 1. The van der Waals surface area contributed by atoms with Crippen LogP contribution in [-0.4, -0.2) is 36.7 Å². The second-order valence-corrected chi connectivity index (χ2v) is 9.00. The number of benzene rings is 1. The van der Waals surface area contributed by atoms with Crippen molar-refractivity contribution in [1.82, 2.24) is 15.0 Å². The molecule has 32 heavy (non-hydrogen) atoms. The van der Waals surface area contributed by atoms with Gasteiger partial charge in [-0.15, -0.1) is 0 Å². The zero-order valence-corrected chi connectivity index (χ0v) is 18.3. The molecule has 170 valence electrons. The fourth-order valence-electron chi connectivity index (χ4n) is 2.80. The topological polar surface area (TPSA) is 100 Å². The van der Waals surface area contributed by atoms with Gasteiger partial charge in [0.25, 0.3) is 0 Å². The van der Waals surface area contributed by atoms with Crippen LogP contribution in [0.5, 0.6) is 0 Å². The minimum Gasteiger partial charge on any atom is -0.365 e. The van der Waals surface area contributed by atoms with E-state index in [0.29, 0.717) is 28.8 Å². The van der Waals surface area contributed by atoms with Gasteiger partial charge in [0, 0.05) is 42.9 Å². The molecule has 2 aromatic heterocycles. The second-order valence-electron chi connectivity index (χ2n) is 6.98. The van der Waals surface area contributed by atoms with E-state index in [1.165, 1.54) is 13.2 Å². The van der Waals surface area contributed by atoms with E-state index in [1.807, 2.05) is 0 Å². The van der Waals surface area contributed by atoms with E-state index in [1.54, 1.807) is 43.3 Å². The van der Waals surface area contributed by atoms with Crippen molar-refractivity contribution in [1.29, 1.82) is 0 Å². The number of hydrogen-bond acceptors (Lipinski definition) is 7. The van der Waals surface area contributed by atoms with Crippen LogP contribution in [0, 0.1) is 6.92 Å². The summed E-state index contributed by atoms with van der Waals surface area (Å²) in [5.41, 5.74) is 0.810. The molecule has 0 radical (unpaired) electrons. The molecular weight excluding hydrogens is 445 g/mol. The van der Waals surface area contributed by atoms with Gasteiger partial charge in [0.05, 0.1) is 11.9 Å². The van der Waals surface area contributed by atoms with Gasteiger partial charge in [0.2, 0.25) is 16.0 Å². The molecule has 2 heterocycles. The maximum absolute atomic E-state index is 13.5. The highest BCUT2D eigenvalue weighted by molar-refractivity contribution is 7.92. The molecule has 0 saturated carbocycles. The zero-order chi connectivity index (χ0) is 23.5. The molecule has 0 fully saturated rings. The molecule has 12 heteroatoms. The Kier molecular flexibility index (Phi) is 6.53. The first-order chi connectivity index (χ1) is 14.9. The van der Waals surface area contributed by atoms with Crippen LogP contribution in [0.4, 0.5) is 36.3 Å². The van der Waals surface area contributed by atoms with E-state index >= 15 is 0 Å². The summed E-state index contributed by atoms with van der Waals surface area (Å²) in [4.78, 5) is 11.9. The van der Waals surface area contributed by atoms with Crippen LogP contribution < -0.4 is 14.9 Å². The number of hydrogen-bond donors (Lipinski definition) is 2. The summed E-state index contributed by atoms with van der Waals surface area (Å²) in [5, 5.41) is 5.50. The summed E-state index contributed by atoms with van der Waals surface area (Å²) < 4.78 is 65.5. The first-order valence-corrected chi connectivity index (χ1v) is 11.2. The Bertz CT molecular complexity index is 1200. The van der Waals surface area contributed by atoms with Crippen LogP contribution in [-0.2, 0) is 22.7 Å². The number of nitrogens with one attached hydrogen (secondary N) is 2. The Labute approximate surface area is 183 Å². The smallest absolute Gasteiger partial charge is 0.365 e. The highest BCUT2D eigenvalue weighted by Gasteiger charge is 2.35. The average molecular weight is 466 g/mol. The number of aryl methyl sites for hydroxylation is 1. The van der Waals surface area contributed by atoms with Gasteiger partial charge in [0.15, 0.2) is 0 Å². The van der Waals surface area contributed by atoms with Crippen molar-refractivity contribution < 1.29 is 21.6 Å². The fraction of sp³-hybridized carbons (Fsp3) is 0.250. The maximum Gasteiger partial charge on any atom is 0.421 e. The molecule has 0 saturated heterocycles. The number of alkyl halides is 3.